The van der Waals surface area contributed by atoms with Crippen molar-refractivity contribution in [3.8, 4) is 0 Å². The zero-order chi connectivity index (χ0) is 4.28. The molecule has 6 N–H and O–H groups in total. The van der Waals surface area contributed by atoms with Crippen LogP contribution in [-0.2, 0) is 17.8 Å². The molecule has 5 nitrogen and oxygen atoms in total. The number of rotatable bonds is 1. The molecule has 0 saturated heterocycles. The third-order valence-electron chi connectivity index (χ3n) is 0.0436. The summed E-state index contributed by atoms with van der Waals surface area (Å²) in [6.45, 7) is 0. The van der Waals surface area contributed by atoms with Gasteiger partial charge in [0.15, 0.2) is 0 Å². The molecule has 50 valence electrons. The van der Waals surface area contributed by atoms with Crippen molar-refractivity contribution in [2.24, 2.45) is 0 Å². The van der Waals surface area contributed by atoms with Gasteiger partial charge in [-0.25, -0.2) is 0 Å². The number of nitrogens with zero attached hydrogens (tertiary/aromatic N) is 1. The van der Waals surface area contributed by atoms with Crippen LogP contribution in [0.1, 0.15) is 0 Å². The van der Waals surface area contributed by atoms with Crippen LogP contribution < -0.4 is 12.3 Å². The summed E-state index contributed by atoms with van der Waals surface area (Å²) in [4.78, 5) is 9.09. The van der Waals surface area contributed by atoms with E-state index in [4.69, 9.17) is 19.5 Å². The number of hydrogen-bond acceptors (Lipinski definition) is 4. The molecule has 0 fully saturated rings. The first-order valence-corrected chi connectivity index (χ1v) is 4.46. The Kier molecular flexibility index (Phi) is 21.4. The summed E-state index contributed by atoms with van der Waals surface area (Å²) in [6, 6.07) is 0. The molecule has 0 aliphatic rings. The van der Waals surface area contributed by atoms with Crippen LogP contribution in [0.5, 0.6) is 0 Å². The normalized spacial score (nSPS) is 5.86. The molecule has 0 rings (SSSR count). The van der Waals surface area contributed by atoms with E-state index < -0.39 is 21.3 Å². The first-order chi connectivity index (χ1) is 2.27. The van der Waals surface area contributed by atoms with Crippen molar-refractivity contribution in [3.63, 3.8) is 0 Å². The van der Waals surface area contributed by atoms with Gasteiger partial charge in [-0.15, -0.1) is 0 Å². The van der Waals surface area contributed by atoms with Crippen LogP contribution in [0.3, 0.4) is 0 Å². The van der Waals surface area contributed by atoms with Crippen LogP contribution in [0.15, 0.2) is 0 Å². The Morgan fingerprint density at radius 2 is 1.71 bits per heavy atom. The van der Waals surface area contributed by atoms with Gasteiger partial charge in [-0.2, -0.15) is 0 Å². The third kappa shape index (κ3) is 22.0. The minimum absolute atomic E-state index is 0. The fourth-order valence-corrected chi connectivity index (χ4v) is 0. The zero-order valence-corrected chi connectivity index (χ0v) is 6.40. The van der Waals surface area contributed by atoms with Crippen molar-refractivity contribution in [2.75, 3.05) is 0 Å². The van der Waals surface area contributed by atoms with Crippen molar-refractivity contribution >= 4 is 9.42 Å². The summed E-state index contributed by atoms with van der Waals surface area (Å²) in [5.74, 6) is 0. The zero-order valence-electron chi connectivity index (χ0n) is 3.37. The average molecular weight is 311 g/mol. The molecule has 0 amide bonds. The van der Waals surface area contributed by atoms with Gasteiger partial charge in [-0.3, -0.25) is 0 Å². The number of nitro groups is 1. The van der Waals surface area contributed by atoms with Crippen LogP contribution in [0, 0.1) is 10.1 Å². The fraction of sp³-hybridized carbons (Fsp3) is 0. The molecular formula is H6ClN3O2Pt. The van der Waals surface area contributed by atoms with Gasteiger partial charge < -0.3 is 12.3 Å². The second-order valence-corrected chi connectivity index (χ2v) is 2.33. The van der Waals surface area contributed by atoms with E-state index >= 15 is 0 Å². The van der Waals surface area contributed by atoms with E-state index in [-0.39, 0.29) is 12.3 Å². The number of halogens is 1. The van der Waals surface area contributed by atoms with Gasteiger partial charge in [0.05, 0.1) is 0 Å². The van der Waals surface area contributed by atoms with Crippen molar-refractivity contribution in [1.82, 2.24) is 12.3 Å². The predicted octanol–water partition coefficient (Wildman–Crippen LogP) is 0.738. The van der Waals surface area contributed by atoms with Crippen molar-refractivity contribution in [2.45, 2.75) is 0 Å². The predicted molar refractivity (Wildman–Crippen MR) is 22.9 cm³/mol. The van der Waals surface area contributed by atoms with E-state index in [1.807, 2.05) is 0 Å². The second-order valence-electron chi connectivity index (χ2n) is 0.243. The van der Waals surface area contributed by atoms with Crippen LogP contribution in [0.4, 0.5) is 0 Å². The Hall–Kier alpha value is 0.298. The molecule has 0 unspecified atom stereocenters. The molecule has 0 aliphatic carbocycles. The SMILES string of the molecule is N.N.O=[N+]([O-])[Pt][Cl]. The molecule has 0 saturated carbocycles. The molecule has 0 aromatic carbocycles. The fourth-order valence-electron chi connectivity index (χ4n) is 0. The molecule has 0 atom stereocenters. The average Bonchev–Trinajstić information content (AvgIpc) is 1.38. The molecule has 0 spiro atoms. The first-order valence-electron chi connectivity index (χ1n) is 0.626. The van der Waals surface area contributed by atoms with Crippen LogP contribution in [-0.4, -0.2) is 3.48 Å². The van der Waals surface area contributed by atoms with Gasteiger partial charge in [-0.05, 0) is 0 Å². The molecule has 0 heterocycles. The Morgan fingerprint density at radius 3 is 1.71 bits per heavy atom. The van der Waals surface area contributed by atoms with Gasteiger partial charge >= 0.3 is 40.8 Å². The maximum atomic E-state index is 9.09. The topological polar surface area (TPSA) is 113 Å². The summed E-state index contributed by atoms with van der Waals surface area (Å²) in [7, 11) is 4.75. The van der Waals surface area contributed by atoms with E-state index in [2.05, 4.69) is 0 Å². The van der Waals surface area contributed by atoms with E-state index in [0.717, 1.165) is 0 Å². The molecule has 0 radical (unpaired) electrons. The summed E-state index contributed by atoms with van der Waals surface area (Å²) >= 11 is -1.27. The standard InChI is InChI=1S/ClH.NO2.2H3N.Pt/c;2-1-3;;;/h1H;;2*1H3;/q;;;;+1/p-1. The second kappa shape index (κ2) is 9.57. The quantitative estimate of drug-likeness (QED) is 0.549. The van der Waals surface area contributed by atoms with Gasteiger partial charge in [0.1, 0.15) is 0 Å². The maximum absolute atomic E-state index is 9.09. The Morgan fingerprint density at radius 1 is 1.57 bits per heavy atom. The minimum atomic E-state index is -1.27. The molecule has 0 aromatic heterocycles. The van der Waals surface area contributed by atoms with Crippen molar-refractivity contribution in [1.29, 1.82) is 0 Å². The van der Waals surface area contributed by atoms with E-state index in [0.29, 0.717) is 0 Å². The van der Waals surface area contributed by atoms with Gasteiger partial charge in [-0.1, -0.05) is 0 Å². The molecular weight excluding hydrogens is 305 g/mol. The summed E-state index contributed by atoms with van der Waals surface area (Å²) in [5, 5.41) is 9.09. The van der Waals surface area contributed by atoms with E-state index in [9.17, 15) is 0 Å². The van der Waals surface area contributed by atoms with Crippen molar-refractivity contribution < 1.29 is 21.3 Å². The third-order valence-corrected chi connectivity index (χ3v) is 1.07. The van der Waals surface area contributed by atoms with Gasteiger partial charge in [0, 0.05) is 0 Å². The van der Waals surface area contributed by atoms with Crippen molar-refractivity contribution in [3.05, 3.63) is 10.1 Å². The molecule has 7 heavy (non-hydrogen) atoms. The Balaban J connectivity index is -0.0000000800. The van der Waals surface area contributed by atoms with Crippen LogP contribution in [0.2, 0.25) is 0 Å². The van der Waals surface area contributed by atoms with Crippen LogP contribution >= 0.6 is 9.42 Å². The van der Waals surface area contributed by atoms with Gasteiger partial charge in [0.2, 0.25) is 0 Å². The Bertz CT molecular complexity index is 48.2. The summed E-state index contributed by atoms with van der Waals surface area (Å²) in [6.07, 6.45) is 0. The van der Waals surface area contributed by atoms with Crippen LogP contribution in [0.25, 0.3) is 0 Å². The van der Waals surface area contributed by atoms with E-state index in [1.165, 1.54) is 0 Å². The molecule has 0 aromatic rings. The molecule has 7 heteroatoms. The van der Waals surface area contributed by atoms with E-state index in [1.54, 1.807) is 0 Å². The van der Waals surface area contributed by atoms with Gasteiger partial charge in [0.25, 0.3) is 0 Å². The summed E-state index contributed by atoms with van der Waals surface area (Å²) < 4.78 is -0.498. The summed E-state index contributed by atoms with van der Waals surface area (Å²) in [5.41, 5.74) is 0. The monoisotopic (exact) mass is 310 g/mol. The Labute approximate surface area is 53.5 Å². The number of hydrogen-bond donors (Lipinski definition) is 2. The molecule has 0 bridgehead atoms. The first kappa shape index (κ1) is 15.7. The molecule has 0 aliphatic heterocycles.